The third-order valence-corrected chi connectivity index (χ3v) is 2.06. The molecule has 0 spiro atoms. The predicted octanol–water partition coefficient (Wildman–Crippen LogP) is 1.98. The summed E-state index contributed by atoms with van der Waals surface area (Å²) in [6, 6.07) is 3.18. The van der Waals surface area contributed by atoms with Crippen LogP contribution in [0.1, 0.15) is 10.5 Å². The first-order valence-electron chi connectivity index (χ1n) is 3.82. The minimum atomic E-state index is -1.13. The van der Waals surface area contributed by atoms with Gasteiger partial charge in [-0.2, -0.15) is 0 Å². The van der Waals surface area contributed by atoms with E-state index in [1.54, 1.807) is 24.5 Å². The maximum Gasteiger partial charge on any atom is 0.356 e. The van der Waals surface area contributed by atoms with Gasteiger partial charge in [0.1, 0.15) is 0 Å². The van der Waals surface area contributed by atoms with Crippen molar-refractivity contribution in [3.8, 4) is 0 Å². The summed E-state index contributed by atoms with van der Waals surface area (Å²) < 4.78 is 0. The number of nitrogens with zero attached hydrogens (tertiary/aromatic N) is 2. The van der Waals surface area contributed by atoms with Crippen molar-refractivity contribution in [3.05, 3.63) is 35.2 Å². The molecule has 0 atom stereocenters. The Morgan fingerprint density at radius 3 is 3.00 bits per heavy atom. The maximum absolute atomic E-state index is 10.7. The van der Waals surface area contributed by atoms with Gasteiger partial charge in [-0.3, -0.25) is 4.98 Å². The van der Waals surface area contributed by atoms with Crippen LogP contribution >= 0.6 is 11.6 Å². The minimum Gasteiger partial charge on any atom is -0.476 e. The highest BCUT2D eigenvalue weighted by Crippen LogP contribution is 2.19. The molecule has 2 rings (SSSR count). The van der Waals surface area contributed by atoms with E-state index in [9.17, 15) is 4.79 Å². The van der Waals surface area contributed by atoms with Crippen LogP contribution in [0.5, 0.6) is 0 Å². The van der Waals surface area contributed by atoms with Gasteiger partial charge in [-0.25, -0.2) is 9.78 Å². The lowest BCUT2D eigenvalue weighted by molar-refractivity contribution is 0.0691. The third-order valence-electron chi connectivity index (χ3n) is 1.77. The third kappa shape index (κ3) is 1.40. The second-order valence-corrected chi connectivity index (χ2v) is 3.10. The molecule has 0 aromatic carbocycles. The zero-order valence-corrected chi connectivity index (χ0v) is 7.69. The lowest BCUT2D eigenvalue weighted by atomic mass is 10.2. The molecule has 0 saturated carbocycles. The Morgan fingerprint density at radius 2 is 2.29 bits per heavy atom. The van der Waals surface area contributed by atoms with Crippen LogP contribution in [-0.2, 0) is 0 Å². The van der Waals surface area contributed by atoms with E-state index < -0.39 is 5.97 Å². The zero-order chi connectivity index (χ0) is 10.1. The highest BCUT2D eigenvalue weighted by Gasteiger charge is 2.11. The number of hydrogen-bond acceptors (Lipinski definition) is 3. The van der Waals surface area contributed by atoms with Gasteiger partial charge < -0.3 is 5.11 Å². The van der Waals surface area contributed by atoms with Gasteiger partial charge in [0.25, 0.3) is 0 Å². The quantitative estimate of drug-likeness (QED) is 0.779. The topological polar surface area (TPSA) is 63.1 Å². The summed E-state index contributed by atoms with van der Waals surface area (Å²) in [5, 5.41) is 9.61. The molecular formula is C9H5ClN2O2. The molecule has 0 aliphatic heterocycles. The summed E-state index contributed by atoms with van der Waals surface area (Å²) in [6.07, 6.45) is 3.13. The van der Waals surface area contributed by atoms with Gasteiger partial charge in [-0.1, -0.05) is 11.6 Å². The molecule has 2 heterocycles. The van der Waals surface area contributed by atoms with Gasteiger partial charge in [0.2, 0.25) is 0 Å². The molecule has 1 N–H and O–H groups in total. The van der Waals surface area contributed by atoms with Crippen molar-refractivity contribution in [2.24, 2.45) is 0 Å². The van der Waals surface area contributed by atoms with E-state index >= 15 is 0 Å². The van der Waals surface area contributed by atoms with Crippen LogP contribution in [-0.4, -0.2) is 21.0 Å². The van der Waals surface area contributed by atoms with Crippen LogP contribution < -0.4 is 0 Å². The lowest BCUT2D eigenvalue weighted by Gasteiger charge is -2.00. The average molecular weight is 209 g/mol. The molecule has 2 aromatic heterocycles. The number of carboxylic acids is 1. The van der Waals surface area contributed by atoms with Gasteiger partial charge in [-0.15, -0.1) is 0 Å². The molecule has 0 aliphatic rings. The largest absolute Gasteiger partial charge is 0.476 e. The van der Waals surface area contributed by atoms with E-state index in [0.29, 0.717) is 5.52 Å². The second-order valence-electron chi connectivity index (χ2n) is 2.69. The summed E-state index contributed by atoms with van der Waals surface area (Å²) in [6.45, 7) is 0. The first-order valence-corrected chi connectivity index (χ1v) is 4.20. The Kier molecular flexibility index (Phi) is 2.05. The van der Waals surface area contributed by atoms with Crippen LogP contribution in [0.4, 0.5) is 0 Å². The van der Waals surface area contributed by atoms with Crippen molar-refractivity contribution in [1.29, 1.82) is 0 Å². The lowest BCUT2D eigenvalue weighted by Crippen LogP contribution is -2.01. The molecule has 0 fully saturated rings. The number of hydrogen-bond donors (Lipinski definition) is 1. The summed E-state index contributed by atoms with van der Waals surface area (Å²) in [5.41, 5.74) is 0.437. The van der Waals surface area contributed by atoms with E-state index in [1.165, 1.54) is 0 Å². The smallest absolute Gasteiger partial charge is 0.356 e. The molecule has 2 aromatic rings. The van der Waals surface area contributed by atoms with E-state index in [1.807, 2.05) is 0 Å². The molecule has 0 unspecified atom stereocenters. The number of rotatable bonds is 1. The van der Waals surface area contributed by atoms with Gasteiger partial charge in [-0.05, 0) is 12.1 Å². The van der Waals surface area contributed by atoms with Crippen molar-refractivity contribution in [2.45, 2.75) is 0 Å². The van der Waals surface area contributed by atoms with Gasteiger partial charge in [0.15, 0.2) is 5.69 Å². The molecule has 14 heavy (non-hydrogen) atoms. The molecule has 4 nitrogen and oxygen atoms in total. The SMILES string of the molecule is O=C(O)c1nc2ccncc2cc1Cl. The molecular weight excluding hydrogens is 204 g/mol. The van der Waals surface area contributed by atoms with Crippen molar-refractivity contribution in [1.82, 2.24) is 9.97 Å². The van der Waals surface area contributed by atoms with Gasteiger partial charge >= 0.3 is 5.97 Å². The van der Waals surface area contributed by atoms with E-state index in [0.717, 1.165) is 5.39 Å². The van der Waals surface area contributed by atoms with Crippen molar-refractivity contribution < 1.29 is 9.90 Å². The Morgan fingerprint density at radius 1 is 1.50 bits per heavy atom. The van der Waals surface area contributed by atoms with Crippen LogP contribution in [0.2, 0.25) is 5.02 Å². The number of fused-ring (bicyclic) bond motifs is 1. The molecule has 0 saturated heterocycles. The van der Waals surface area contributed by atoms with Crippen molar-refractivity contribution in [3.63, 3.8) is 0 Å². The maximum atomic E-state index is 10.7. The minimum absolute atomic E-state index is 0.123. The average Bonchev–Trinajstić information content (AvgIpc) is 2.16. The number of halogens is 1. The van der Waals surface area contributed by atoms with Crippen LogP contribution in [0, 0.1) is 0 Å². The Labute approximate surface area is 84.2 Å². The van der Waals surface area contributed by atoms with Crippen LogP contribution in [0.3, 0.4) is 0 Å². The fourth-order valence-electron chi connectivity index (χ4n) is 1.14. The number of aromatic nitrogens is 2. The molecule has 5 heteroatoms. The Hall–Kier alpha value is -1.68. The fourth-order valence-corrected chi connectivity index (χ4v) is 1.38. The van der Waals surface area contributed by atoms with Crippen molar-refractivity contribution >= 4 is 28.5 Å². The second kappa shape index (κ2) is 3.23. The van der Waals surface area contributed by atoms with Gasteiger partial charge in [0.05, 0.1) is 10.5 Å². The molecule has 0 amide bonds. The number of carboxylic acid groups (broad SMARTS) is 1. The molecule has 0 aliphatic carbocycles. The normalized spacial score (nSPS) is 10.4. The summed E-state index contributed by atoms with van der Waals surface area (Å²) >= 11 is 5.73. The number of aromatic carboxylic acids is 1. The van der Waals surface area contributed by atoms with Crippen molar-refractivity contribution in [2.75, 3.05) is 0 Å². The number of pyridine rings is 2. The molecule has 0 bridgehead atoms. The highest BCUT2D eigenvalue weighted by atomic mass is 35.5. The summed E-state index contributed by atoms with van der Waals surface area (Å²) in [5.74, 6) is -1.13. The van der Waals surface area contributed by atoms with E-state index in [4.69, 9.17) is 16.7 Å². The predicted molar refractivity (Wildman–Crippen MR) is 51.5 cm³/mol. The standard InChI is InChI=1S/C9H5ClN2O2/c10-6-3-5-4-11-2-1-7(5)12-8(6)9(13)14/h1-4H,(H,13,14). The van der Waals surface area contributed by atoms with E-state index in [-0.39, 0.29) is 10.7 Å². The molecule has 0 radical (unpaired) electrons. The first kappa shape index (κ1) is 8.90. The zero-order valence-electron chi connectivity index (χ0n) is 6.94. The van der Waals surface area contributed by atoms with Crippen LogP contribution in [0.15, 0.2) is 24.5 Å². The first-order chi connectivity index (χ1) is 6.68. The fraction of sp³-hybridized carbons (Fsp3) is 0. The van der Waals surface area contributed by atoms with Crippen LogP contribution in [0.25, 0.3) is 10.9 Å². The van der Waals surface area contributed by atoms with Gasteiger partial charge in [0, 0.05) is 17.8 Å². The summed E-state index contributed by atoms with van der Waals surface area (Å²) in [4.78, 5) is 18.5. The van der Waals surface area contributed by atoms with E-state index in [2.05, 4.69) is 9.97 Å². The molecule has 70 valence electrons. The summed E-state index contributed by atoms with van der Waals surface area (Å²) in [7, 11) is 0. The Balaban J connectivity index is 2.77. The number of carbonyl (C=O) groups is 1. The monoisotopic (exact) mass is 208 g/mol. The Bertz CT molecular complexity index is 513. The highest BCUT2D eigenvalue weighted by molar-refractivity contribution is 6.33.